The summed E-state index contributed by atoms with van der Waals surface area (Å²) in [5, 5.41) is 3.16. The van der Waals surface area contributed by atoms with Gasteiger partial charge in [-0.3, -0.25) is 9.00 Å². The molecular formula is C15H23ClN2O2S. The fourth-order valence-corrected chi connectivity index (χ4v) is 3.29. The Morgan fingerprint density at radius 3 is 2.67 bits per heavy atom. The van der Waals surface area contributed by atoms with E-state index in [0.29, 0.717) is 35.0 Å². The number of halogens is 1. The average molecular weight is 331 g/mol. The Kier molecular flexibility index (Phi) is 8.38. The number of unbranched alkanes of at least 4 members (excludes halogenated alkanes) is 2. The minimum absolute atomic E-state index is 0.118. The van der Waals surface area contributed by atoms with E-state index in [1.165, 1.54) is 0 Å². The molecule has 1 atom stereocenters. The lowest BCUT2D eigenvalue weighted by Crippen LogP contribution is -2.13. The molecular weight excluding hydrogens is 308 g/mol. The average Bonchev–Trinajstić information content (AvgIpc) is 2.42. The van der Waals surface area contributed by atoms with Crippen LogP contribution < -0.4 is 11.1 Å². The number of hydrogen-bond acceptors (Lipinski definition) is 3. The quantitative estimate of drug-likeness (QED) is 0.537. The Morgan fingerprint density at radius 1 is 1.29 bits per heavy atom. The second kappa shape index (κ2) is 9.79. The number of nitrogens with one attached hydrogen (secondary N) is 1. The summed E-state index contributed by atoms with van der Waals surface area (Å²) in [5.74, 6) is 1.19. The van der Waals surface area contributed by atoms with Crippen LogP contribution in [0, 0.1) is 0 Å². The second-order valence-corrected chi connectivity index (χ2v) is 7.05. The molecule has 0 aliphatic heterocycles. The summed E-state index contributed by atoms with van der Waals surface area (Å²) >= 11 is 5.99. The predicted octanol–water partition coefficient (Wildman–Crippen LogP) is 3.58. The van der Waals surface area contributed by atoms with Gasteiger partial charge >= 0.3 is 0 Å². The maximum Gasteiger partial charge on any atom is 0.224 e. The van der Waals surface area contributed by atoms with E-state index in [9.17, 15) is 9.00 Å². The van der Waals surface area contributed by atoms with E-state index >= 15 is 0 Å². The standard InChI is InChI=1S/C15H23ClN2O2S/c1-2-3-4-9-21(20)10-5-6-15(19)18-14-8-7-12(17)11-13(14)16/h7-8,11H,2-6,9-10,17H2,1H3,(H,18,19). The van der Waals surface area contributed by atoms with Crippen LogP contribution >= 0.6 is 11.6 Å². The summed E-state index contributed by atoms with van der Waals surface area (Å²) in [7, 11) is -0.814. The fourth-order valence-electron chi connectivity index (χ4n) is 1.85. The molecule has 0 heterocycles. The zero-order chi connectivity index (χ0) is 15.7. The van der Waals surface area contributed by atoms with E-state index in [1.807, 2.05) is 0 Å². The molecule has 1 aromatic carbocycles. The first-order chi connectivity index (χ1) is 10.0. The molecule has 0 saturated carbocycles. The van der Waals surface area contributed by atoms with Crippen LogP contribution in [0.1, 0.15) is 39.0 Å². The Balaban J connectivity index is 2.26. The van der Waals surface area contributed by atoms with E-state index in [2.05, 4.69) is 12.2 Å². The highest BCUT2D eigenvalue weighted by Gasteiger charge is 2.07. The third-order valence-corrected chi connectivity index (χ3v) is 4.82. The van der Waals surface area contributed by atoms with E-state index in [0.717, 1.165) is 25.0 Å². The van der Waals surface area contributed by atoms with Crippen molar-refractivity contribution in [2.24, 2.45) is 0 Å². The first-order valence-electron chi connectivity index (χ1n) is 7.22. The number of carbonyl (C=O) groups is 1. The molecule has 1 rings (SSSR count). The van der Waals surface area contributed by atoms with Crippen LogP contribution in [0.4, 0.5) is 11.4 Å². The largest absolute Gasteiger partial charge is 0.399 e. The second-order valence-electron chi connectivity index (χ2n) is 4.95. The van der Waals surface area contributed by atoms with Crippen molar-refractivity contribution in [3.05, 3.63) is 23.2 Å². The molecule has 0 aliphatic rings. The van der Waals surface area contributed by atoms with Crippen LogP contribution in [-0.4, -0.2) is 21.6 Å². The normalized spacial score (nSPS) is 12.1. The van der Waals surface area contributed by atoms with Crippen molar-refractivity contribution in [3.8, 4) is 0 Å². The van der Waals surface area contributed by atoms with Crippen molar-refractivity contribution in [2.45, 2.75) is 39.0 Å². The van der Waals surface area contributed by atoms with Gasteiger partial charge in [0.25, 0.3) is 0 Å². The van der Waals surface area contributed by atoms with Gasteiger partial charge < -0.3 is 11.1 Å². The monoisotopic (exact) mass is 330 g/mol. The number of hydrogen-bond donors (Lipinski definition) is 2. The lowest BCUT2D eigenvalue weighted by atomic mass is 10.2. The molecule has 0 aromatic heterocycles. The molecule has 0 spiro atoms. The molecule has 0 radical (unpaired) electrons. The Bertz CT molecular complexity index is 495. The molecule has 21 heavy (non-hydrogen) atoms. The van der Waals surface area contributed by atoms with Crippen molar-refractivity contribution in [1.29, 1.82) is 0 Å². The lowest BCUT2D eigenvalue weighted by molar-refractivity contribution is -0.116. The van der Waals surface area contributed by atoms with Gasteiger partial charge in [0.15, 0.2) is 0 Å². The van der Waals surface area contributed by atoms with Gasteiger partial charge in [0.2, 0.25) is 5.91 Å². The van der Waals surface area contributed by atoms with E-state index < -0.39 is 10.8 Å². The SMILES string of the molecule is CCCCCS(=O)CCCC(=O)Nc1ccc(N)cc1Cl. The lowest BCUT2D eigenvalue weighted by Gasteiger charge is -2.08. The number of benzene rings is 1. The summed E-state index contributed by atoms with van der Waals surface area (Å²) in [6.45, 7) is 2.12. The zero-order valence-corrected chi connectivity index (χ0v) is 13.9. The van der Waals surface area contributed by atoms with Crippen molar-refractivity contribution in [2.75, 3.05) is 22.6 Å². The molecule has 0 aliphatic carbocycles. The zero-order valence-electron chi connectivity index (χ0n) is 12.4. The molecule has 0 fully saturated rings. The van der Waals surface area contributed by atoms with Crippen molar-refractivity contribution in [1.82, 2.24) is 0 Å². The third kappa shape index (κ3) is 7.48. The Morgan fingerprint density at radius 2 is 2.00 bits per heavy atom. The van der Waals surface area contributed by atoms with E-state index in [4.69, 9.17) is 17.3 Å². The third-order valence-electron chi connectivity index (χ3n) is 3.02. The minimum atomic E-state index is -0.814. The van der Waals surface area contributed by atoms with Crippen LogP contribution in [0.5, 0.6) is 0 Å². The number of nitrogens with two attached hydrogens (primary N) is 1. The van der Waals surface area contributed by atoms with Crippen LogP contribution in [0.3, 0.4) is 0 Å². The van der Waals surface area contributed by atoms with Gasteiger partial charge in [-0.2, -0.15) is 0 Å². The first-order valence-corrected chi connectivity index (χ1v) is 9.09. The molecule has 0 saturated heterocycles. The van der Waals surface area contributed by atoms with E-state index in [1.54, 1.807) is 18.2 Å². The van der Waals surface area contributed by atoms with Gasteiger partial charge in [-0.25, -0.2) is 0 Å². The molecule has 118 valence electrons. The van der Waals surface area contributed by atoms with Crippen molar-refractivity contribution >= 4 is 39.7 Å². The maximum atomic E-state index is 11.8. The Hall–Kier alpha value is -1.07. The van der Waals surface area contributed by atoms with Gasteiger partial charge in [0, 0.05) is 34.4 Å². The molecule has 1 amide bonds. The molecule has 1 aromatic rings. The summed E-state index contributed by atoms with van der Waals surface area (Å²) in [6.07, 6.45) is 4.21. The van der Waals surface area contributed by atoms with Crippen LogP contribution in [0.15, 0.2) is 18.2 Å². The van der Waals surface area contributed by atoms with Gasteiger partial charge in [-0.1, -0.05) is 31.4 Å². The van der Waals surface area contributed by atoms with Gasteiger partial charge in [-0.05, 0) is 31.0 Å². The maximum absolute atomic E-state index is 11.8. The molecule has 0 bridgehead atoms. The fraction of sp³-hybridized carbons (Fsp3) is 0.533. The minimum Gasteiger partial charge on any atom is -0.399 e. The first kappa shape index (κ1) is 18.0. The molecule has 3 N–H and O–H groups in total. The van der Waals surface area contributed by atoms with Crippen molar-refractivity contribution < 1.29 is 9.00 Å². The number of anilines is 2. The van der Waals surface area contributed by atoms with Crippen LogP contribution in [-0.2, 0) is 15.6 Å². The number of amides is 1. The highest BCUT2D eigenvalue weighted by molar-refractivity contribution is 7.84. The smallest absolute Gasteiger partial charge is 0.224 e. The molecule has 4 nitrogen and oxygen atoms in total. The van der Waals surface area contributed by atoms with Gasteiger partial charge in [-0.15, -0.1) is 0 Å². The van der Waals surface area contributed by atoms with Crippen LogP contribution in [0.2, 0.25) is 5.02 Å². The van der Waals surface area contributed by atoms with E-state index in [-0.39, 0.29) is 5.91 Å². The number of rotatable bonds is 9. The summed E-state index contributed by atoms with van der Waals surface area (Å²) < 4.78 is 11.7. The highest BCUT2D eigenvalue weighted by Crippen LogP contribution is 2.24. The highest BCUT2D eigenvalue weighted by atomic mass is 35.5. The summed E-state index contributed by atoms with van der Waals surface area (Å²) in [6, 6.07) is 4.96. The molecule has 6 heteroatoms. The topological polar surface area (TPSA) is 72.2 Å². The Labute approximate surface area is 133 Å². The van der Waals surface area contributed by atoms with Gasteiger partial charge in [0.05, 0.1) is 10.7 Å². The van der Waals surface area contributed by atoms with Gasteiger partial charge in [0.1, 0.15) is 0 Å². The predicted molar refractivity (Wildman–Crippen MR) is 91.1 cm³/mol. The number of nitrogen functional groups attached to an aromatic ring is 1. The summed E-state index contributed by atoms with van der Waals surface area (Å²) in [5.41, 5.74) is 6.70. The summed E-state index contributed by atoms with van der Waals surface area (Å²) in [4.78, 5) is 11.8. The van der Waals surface area contributed by atoms with Crippen molar-refractivity contribution in [3.63, 3.8) is 0 Å². The number of carbonyl (C=O) groups excluding carboxylic acids is 1. The molecule has 1 unspecified atom stereocenters. The van der Waals surface area contributed by atoms with Crippen LogP contribution in [0.25, 0.3) is 0 Å².